The molecule has 0 saturated heterocycles. The number of nitrogens with one attached hydrogen (secondary N) is 1. The minimum absolute atomic E-state index is 0.0334. The maximum Gasteiger partial charge on any atom is 0.283 e. The quantitative estimate of drug-likeness (QED) is 0.825. The van der Waals surface area contributed by atoms with Gasteiger partial charge in [0.1, 0.15) is 4.47 Å². The molecule has 106 valence electrons. The van der Waals surface area contributed by atoms with Gasteiger partial charge in [-0.15, -0.1) is 0 Å². The van der Waals surface area contributed by atoms with Gasteiger partial charge in [0.25, 0.3) is 5.56 Å². The van der Waals surface area contributed by atoms with Crippen molar-refractivity contribution in [1.29, 1.82) is 0 Å². The summed E-state index contributed by atoms with van der Waals surface area (Å²) in [7, 11) is 0. The Labute approximate surface area is 126 Å². The number of aromatic nitrogens is 2. The van der Waals surface area contributed by atoms with Gasteiger partial charge in [0.05, 0.1) is 11.9 Å². The van der Waals surface area contributed by atoms with E-state index in [9.17, 15) is 4.79 Å². The predicted octanol–water partition coefficient (Wildman–Crippen LogP) is 2.97. The minimum Gasteiger partial charge on any atom is -0.380 e. The van der Waals surface area contributed by atoms with Gasteiger partial charge in [0, 0.05) is 12.6 Å². The average molecular weight is 346 g/mol. The van der Waals surface area contributed by atoms with Gasteiger partial charge >= 0.3 is 0 Å². The van der Waals surface area contributed by atoms with Crippen LogP contribution in [0.3, 0.4) is 0 Å². The van der Waals surface area contributed by atoms with E-state index < -0.39 is 0 Å². The molecule has 6 heteroatoms. The summed E-state index contributed by atoms with van der Waals surface area (Å²) in [6.07, 6.45) is 7.36. The zero-order chi connectivity index (χ0) is 13.8. The Balaban J connectivity index is 2.04. The Bertz CT molecular complexity index is 487. The SMILES string of the molecule is CSCCC(C)Nc1cnn(CC2CC2)c(=O)c1Br. The molecule has 1 fully saturated rings. The molecule has 1 saturated carbocycles. The third-order valence-electron chi connectivity index (χ3n) is 3.27. The van der Waals surface area contributed by atoms with Crippen molar-refractivity contribution < 1.29 is 0 Å². The van der Waals surface area contributed by atoms with Gasteiger partial charge in [0.15, 0.2) is 0 Å². The van der Waals surface area contributed by atoms with Gasteiger partial charge < -0.3 is 5.32 Å². The van der Waals surface area contributed by atoms with E-state index in [4.69, 9.17) is 0 Å². The zero-order valence-electron chi connectivity index (χ0n) is 11.4. The summed E-state index contributed by atoms with van der Waals surface area (Å²) >= 11 is 5.23. The highest BCUT2D eigenvalue weighted by atomic mass is 79.9. The molecule has 1 unspecified atom stereocenters. The standard InChI is InChI=1S/C13H20BrN3OS/c1-9(5-6-19-2)16-11-7-15-17(8-10-3-4-10)13(18)12(11)14/h7,9-10,16H,3-6,8H2,1-2H3. The van der Waals surface area contributed by atoms with Crippen LogP contribution in [0, 0.1) is 5.92 Å². The molecule has 1 aliphatic rings. The Kier molecular flexibility index (Phi) is 5.33. The number of rotatable bonds is 7. The topological polar surface area (TPSA) is 46.9 Å². The molecule has 1 aromatic heterocycles. The van der Waals surface area contributed by atoms with E-state index >= 15 is 0 Å². The maximum absolute atomic E-state index is 12.2. The van der Waals surface area contributed by atoms with Gasteiger partial charge in [0.2, 0.25) is 0 Å². The van der Waals surface area contributed by atoms with E-state index in [1.807, 2.05) is 11.8 Å². The molecule has 0 spiro atoms. The Morgan fingerprint density at radius 3 is 3.00 bits per heavy atom. The van der Waals surface area contributed by atoms with Crippen molar-refractivity contribution in [3.8, 4) is 0 Å². The number of hydrogen-bond acceptors (Lipinski definition) is 4. The molecule has 4 nitrogen and oxygen atoms in total. The monoisotopic (exact) mass is 345 g/mol. The molecule has 0 aromatic carbocycles. The third kappa shape index (κ3) is 4.24. The lowest BCUT2D eigenvalue weighted by molar-refractivity contribution is 0.531. The first-order valence-electron chi connectivity index (χ1n) is 6.63. The van der Waals surface area contributed by atoms with Crippen molar-refractivity contribution in [3.05, 3.63) is 21.0 Å². The van der Waals surface area contributed by atoms with Gasteiger partial charge in [-0.2, -0.15) is 16.9 Å². The van der Waals surface area contributed by atoms with E-state index in [0.717, 1.165) is 24.4 Å². The third-order valence-corrected chi connectivity index (χ3v) is 4.68. The molecule has 0 amide bonds. The highest BCUT2D eigenvalue weighted by Gasteiger charge is 2.23. The van der Waals surface area contributed by atoms with Crippen molar-refractivity contribution in [3.63, 3.8) is 0 Å². The first kappa shape index (κ1) is 14.9. The Morgan fingerprint density at radius 1 is 1.63 bits per heavy atom. The van der Waals surface area contributed by atoms with Crippen LogP contribution < -0.4 is 10.9 Å². The van der Waals surface area contributed by atoms with Crippen LogP contribution in [0.4, 0.5) is 5.69 Å². The molecule has 0 bridgehead atoms. The zero-order valence-corrected chi connectivity index (χ0v) is 13.8. The maximum atomic E-state index is 12.2. The minimum atomic E-state index is -0.0334. The number of halogens is 1. The first-order chi connectivity index (χ1) is 9.11. The fourth-order valence-corrected chi connectivity index (χ4v) is 2.88. The molecule has 1 atom stereocenters. The predicted molar refractivity (Wildman–Crippen MR) is 85.0 cm³/mol. The van der Waals surface area contributed by atoms with E-state index in [2.05, 4.69) is 39.5 Å². The van der Waals surface area contributed by atoms with Gasteiger partial charge in [-0.1, -0.05) is 0 Å². The fraction of sp³-hybridized carbons (Fsp3) is 0.692. The molecular weight excluding hydrogens is 326 g/mol. The summed E-state index contributed by atoms with van der Waals surface area (Å²) in [5.74, 6) is 1.76. The number of nitrogens with zero attached hydrogens (tertiary/aromatic N) is 2. The van der Waals surface area contributed by atoms with Crippen LogP contribution in [0.15, 0.2) is 15.5 Å². The molecule has 1 heterocycles. The molecule has 19 heavy (non-hydrogen) atoms. The van der Waals surface area contributed by atoms with Crippen LogP contribution in [-0.2, 0) is 6.54 Å². The second kappa shape index (κ2) is 6.79. The van der Waals surface area contributed by atoms with Gasteiger partial charge in [-0.25, -0.2) is 4.68 Å². The number of anilines is 1. The largest absolute Gasteiger partial charge is 0.380 e. The molecular formula is C13H20BrN3OS. The second-order valence-corrected chi connectivity index (χ2v) is 6.91. The summed E-state index contributed by atoms with van der Waals surface area (Å²) in [6, 6.07) is 0.337. The fourth-order valence-electron chi connectivity index (χ4n) is 1.87. The molecule has 1 aromatic rings. The summed E-state index contributed by atoms with van der Waals surface area (Å²) in [5.41, 5.74) is 0.764. The van der Waals surface area contributed by atoms with Crippen LogP contribution in [0.25, 0.3) is 0 Å². The number of hydrogen-bond donors (Lipinski definition) is 1. The van der Waals surface area contributed by atoms with Crippen molar-refractivity contribution in [2.45, 2.75) is 38.8 Å². The van der Waals surface area contributed by atoms with Crippen molar-refractivity contribution in [1.82, 2.24) is 9.78 Å². The normalized spacial score (nSPS) is 16.4. The van der Waals surface area contributed by atoms with Crippen molar-refractivity contribution >= 4 is 33.4 Å². The molecule has 0 aliphatic heterocycles. The Hall–Kier alpha value is -0.490. The summed E-state index contributed by atoms with van der Waals surface area (Å²) in [6.45, 7) is 2.87. The average Bonchev–Trinajstić information content (AvgIpc) is 3.20. The van der Waals surface area contributed by atoms with E-state index in [1.54, 1.807) is 10.9 Å². The summed E-state index contributed by atoms with van der Waals surface area (Å²) in [4.78, 5) is 12.2. The van der Waals surface area contributed by atoms with Gasteiger partial charge in [-0.3, -0.25) is 4.79 Å². The van der Waals surface area contributed by atoms with Crippen LogP contribution in [-0.4, -0.2) is 27.8 Å². The van der Waals surface area contributed by atoms with Crippen molar-refractivity contribution in [2.75, 3.05) is 17.3 Å². The lowest BCUT2D eigenvalue weighted by Crippen LogP contribution is -2.26. The smallest absolute Gasteiger partial charge is 0.283 e. The number of thioether (sulfide) groups is 1. The lowest BCUT2D eigenvalue weighted by Gasteiger charge is -2.16. The Morgan fingerprint density at radius 2 is 2.37 bits per heavy atom. The molecule has 0 radical (unpaired) electrons. The van der Waals surface area contributed by atoms with E-state index in [-0.39, 0.29) is 5.56 Å². The summed E-state index contributed by atoms with van der Waals surface area (Å²) < 4.78 is 2.17. The highest BCUT2D eigenvalue weighted by Crippen LogP contribution is 2.30. The van der Waals surface area contributed by atoms with E-state index in [1.165, 1.54) is 12.8 Å². The second-order valence-electron chi connectivity index (χ2n) is 5.13. The van der Waals surface area contributed by atoms with Crippen LogP contribution >= 0.6 is 27.7 Å². The van der Waals surface area contributed by atoms with E-state index in [0.29, 0.717) is 16.4 Å². The van der Waals surface area contributed by atoms with Crippen LogP contribution in [0.5, 0.6) is 0 Å². The lowest BCUT2D eigenvalue weighted by atomic mass is 10.2. The molecule has 2 rings (SSSR count). The van der Waals surface area contributed by atoms with Crippen LogP contribution in [0.2, 0.25) is 0 Å². The highest BCUT2D eigenvalue weighted by molar-refractivity contribution is 9.10. The molecule has 1 aliphatic carbocycles. The summed E-state index contributed by atoms with van der Waals surface area (Å²) in [5, 5.41) is 7.60. The van der Waals surface area contributed by atoms with Crippen LogP contribution in [0.1, 0.15) is 26.2 Å². The van der Waals surface area contributed by atoms with Gasteiger partial charge in [-0.05, 0) is 60.0 Å². The van der Waals surface area contributed by atoms with Crippen molar-refractivity contribution in [2.24, 2.45) is 5.92 Å². The molecule has 1 N–H and O–H groups in total. The first-order valence-corrected chi connectivity index (χ1v) is 8.81.